The summed E-state index contributed by atoms with van der Waals surface area (Å²) in [4.78, 5) is 16.0. The Balaban J connectivity index is 1.37. The van der Waals surface area contributed by atoms with Crippen molar-refractivity contribution in [2.24, 2.45) is 5.92 Å². The zero-order chi connectivity index (χ0) is 16.4. The van der Waals surface area contributed by atoms with E-state index in [-0.39, 0.29) is 11.3 Å². The highest BCUT2D eigenvalue weighted by Gasteiger charge is 2.34. The largest absolute Gasteiger partial charge is 0.323 e. The Hall–Kier alpha value is -1.78. The maximum atomic E-state index is 12.5. The minimum Gasteiger partial charge on any atom is -0.323 e. The SMILES string of the molecule is O=C1Nc2ccccc2SC1N1CCC(Cc2ccccc2)CC1. The Labute approximate surface area is 147 Å². The summed E-state index contributed by atoms with van der Waals surface area (Å²) >= 11 is 1.69. The molecule has 0 aliphatic carbocycles. The molecule has 24 heavy (non-hydrogen) atoms. The van der Waals surface area contributed by atoms with Gasteiger partial charge in [-0.3, -0.25) is 9.69 Å². The number of amides is 1. The number of nitrogens with zero attached hydrogens (tertiary/aromatic N) is 1. The summed E-state index contributed by atoms with van der Waals surface area (Å²) in [5.41, 5.74) is 2.37. The van der Waals surface area contributed by atoms with E-state index in [1.807, 2.05) is 18.2 Å². The molecule has 0 spiro atoms. The minimum absolute atomic E-state index is 0.0856. The van der Waals surface area contributed by atoms with Crippen LogP contribution in [0.4, 0.5) is 5.69 Å². The number of rotatable bonds is 3. The molecule has 4 heteroatoms. The summed E-state index contributed by atoms with van der Waals surface area (Å²) in [6.07, 6.45) is 3.49. The van der Waals surface area contributed by atoms with Crippen molar-refractivity contribution in [3.63, 3.8) is 0 Å². The summed E-state index contributed by atoms with van der Waals surface area (Å²) < 4.78 is 0. The molecule has 2 aliphatic heterocycles. The summed E-state index contributed by atoms with van der Waals surface area (Å²) in [6, 6.07) is 18.8. The molecular weight excluding hydrogens is 316 g/mol. The molecule has 2 aliphatic rings. The first-order chi connectivity index (χ1) is 11.8. The van der Waals surface area contributed by atoms with Gasteiger partial charge in [0.2, 0.25) is 0 Å². The van der Waals surface area contributed by atoms with Crippen LogP contribution >= 0.6 is 11.8 Å². The number of hydrogen-bond acceptors (Lipinski definition) is 3. The summed E-state index contributed by atoms with van der Waals surface area (Å²) in [6.45, 7) is 2.01. The maximum Gasteiger partial charge on any atom is 0.252 e. The lowest BCUT2D eigenvalue weighted by atomic mass is 9.90. The van der Waals surface area contributed by atoms with Crippen LogP contribution in [-0.2, 0) is 11.2 Å². The van der Waals surface area contributed by atoms with Crippen LogP contribution in [0.3, 0.4) is 0 Å². The predicted octanol–water partition coefficient (Wildman–Crippen LogP) is 4.01. The van der Waals surface area contributed by atoms with Gasteiger partial charge in [0.1, 0.15) is 5.37 Å². The van der Waals surface area contributed by atoms with Crippen LogP contribution in [0, 0.1) is 5.92 Å². The van der Waals surface area contributed by atoms with E-state index in [0.29, 0.717) is 0 Å². The van der Waals surface area contributed by atoms with Gasteiger partial charge in [0.05, 0.1) is 5.69 Å². The first-order valence-corrected chi connectivity index (χ1v) is 9.52. The van der Waals surface area contributed by atoms with Crippen LogP contribution in [0.1, 0.15) is 18.4 Å². The maximum absolute atomic E-state index is 12.5. The van der Waals surface area contributed by atoms with E-state index in [1.165, 1.54) is 23.3 Å². The Morgan fingerprint density at radius 2 is 1.71 bits per heavy atom. The second-order valence-corrected chi connectivity index (χ2v) is 7.75. The molecule has 0 bridgehead atoms. The molecule has 124 valence electrons. The Bertz CT molecular complexity index is 711. The van der Waals surface area contributed by atoms with E-state index in [2.05, 4.69) is 46.6 Å². The van der Waals surface area contributed by atoms with Gasteiger partial charge in [-0.05, 0) is 56.0 Å². The fourth-order valence-corrected chi connectivity index (χ4v) is 4.79. The third-order valence-electron chi connectivity index (χ3n) is 4.96. The number of carbonyl (C=O) groups is 1. The van der Waals surface area contributed by atoms with Gasteiger partial charge in [-0.15, -0.1) is 0 Å². The standard InChI is InChI=1S/C20H22N2OS/c23-19-20(24-18-9-5-4-8-17(18)21-19)22-12-10-16(11-13-22)14-15-6-2-1-3-7-15/h1-9,16,20H,10-14H2,(H,21,23). The highest BCUT2D eigenvalue weighted by molar-refractivity contribution is 8.00. The summed E-state index contributed by atoms with van der Waals surface area (Å²) in [5.74, 6) is 0.854. The molecule has 3 nitrogen and oxygen atoms in total. The average molecular weight is 338 g/mol. The first-order valence-electron chi connectivity index (χ1n) is 8.64. The average Bonchev–Trinajstić information content (AvgIpc) is 2.63. The highest BCUT2D eigenvalue weighted by atomic mass is 32.2. The van der Waals surface area contributed by atoms with Gasteiger partial charge < -0.3 is 5.32 Å². The van der Waals surface area contributed by atoms with Crippen molar-refractivity contribution >= 4 is 23.4 Å². The van der Waals surface area contributed by atoms with Gasteiger partial charge in [0.25, 0.3) is 5.91 Å². The molecule has 0 aromatic heterocycles. The van der Waals surface area contributed by atoms with Crippen LogP contribution in [0.15, 0.2) is 59.5 Å². The molecule has 0 radical (unpaired) electrons. The third kappa shape index (κ3) is 3.35. The zero-order valence-corrected chi connectivity index (χ0v) is 14.5. The minimum atomic E-state index is -0.0856. The molecule has 0 saturated carbocycles. The van der Waals surface area contributed by atoms with Gasteiger partial charge in [-0.2, -0.15) is 0 Å². The molecule has 2 aromatic rings. The van der Waals surface area contributed by atoms with E-state index >= 15 is 0 Å². The van der Waals surface area contributed by atoms with Gasteiger partial charge in [0, 0.05) is 4.90 Å². The summed E-state index contributed by atoms with van der Waals surface area (Å²) in [5, 5.41) is 2.97. The number of piperidine rings is 1. The lowest BCUT2D eigenvalue weighted by Gasteiger charge is -2.38. The van der Waals surface area contributed by atoms with E-state index in [9.17, 15) is 4.79 Å². The molecular formula is C20H22N2OS. The van der Waals surface area contributed by atoms with Crippen LogP contribution in [0.2, 0.25) is 0 Å². The number of thioether (sulfide) groups is 1. The van der Waals surface area contributed by atoms with E-state index in [4.69, 9.17) is 0 Å². The van der Waals surface area contributed by atoms with Crippen LogP contribution < -0.4 is 5.32 Å². The van der Waals surface area contributed by atoms with Crippen molar-refractivity contribution in [2.75, 3.05) is 18.4 Å². The number of hydrogen-bond donors (Lipinski definition) is 1. The number of para-hydroxylation sites is 1. The Kier molecular flexibility index (Phi) is 4.58. The topological polar surface area (TPSA) is 32.3 Å². The monoisotopic (exact) mass is 338 g/mol. The molecule has 2 aromatic carbocycles. The quantitative estimate of drug-likeness (QED) is 0.918. The molecule has 1 amide bonds. The fourth-order valence-electron chi connectivity index (χ4n) is 3.62. The number of nitrogens with one attached hydrogen (secondary N) is 1. The van der Waals surface area contributed by atoms with Crippen molar-refractivity contribution in [2.45, 2.75) is 29.5 Å². The lowest BCUT2D eigenvalue weighted by molar-refractivity contribution is -0.119. The Morgan fingerprint density at radius 1 is 1.00 bits per heavy atom. The highest BCUT2D eigenvalue weighted by Crippen LogP contribution is 2.38. The second-order valence-electron chi connectivity index (χ2n) is 6.62. The zero-order valence-electron chi connectivity index (χ0n) is 13.7. The normalized spacial score (nSPS) is 22.0. The van der Waals surface area contributed by atoms with Crippen molar-refractivity contribution in [1.29, 1.82) is 0 Å². The van der Waals surface area contributed by atoms with E-state index in [0.717, 1.165) is 31.1 Å². The second kappa shape index (κ2) is 6.99. The third-order valence-corrected chi connectivity index (χ3v) is 6.30. The predicted molar refractivity (Wildman–Crippen MR) is 99.2 cm³/mol. The number of anilines is 1. The van der Waals surface area contributed by atoms with E-state index in [1.54, 1.807) is 11.8 Å². The number of fused-ring (bicyclic) bond motifs is 1. The van der Waals surface area contributed by atoms with Crippen molar-refractivity contribution in [3.05, 3.63) is 60.2 Å². The van der Waals surface area contributed by atoms with Gasteiger partial charge in [-0.25, -0.2) is 0 Å². The van der Waals surface area contributed by atoms with Gasteiger partial charge in [0.15, 0.2) is 0 Å². The molecule has 1 N–H and O–H groups in total. The molecule has 1 unspecified atom stereocenters. The number of likely N-dealkylation sites (tertiary alicyclic amines) is 1. The Morgan fingerprint density at radius 3 is 2.50 bits per heavy atom. The van der Waals surface area contributed by atoms with Crippen LogP contribution in [-0.4, -0.2) is 29.3 Å². The molecule has 2 heterocycles. The molecule has 4 rings (SSSR count). The van der Waals surface area contributed by atoms with E-state index < -0.39 is 0 Å². The van der Waals surface area contributed by atoms with Crippen molar-refractivity contribution in [1.82, 2.24) is 4.90 Å². The lowest BCUT2D eigenvalue weighted by Crippen LogP contribution is -2.47. The molecule has 1 atom stereocenters. The summed E-state index contributed by atoms with van der Waals surface area (Å²) in [7, 11) is 0. The molecule has 1 saturated heterocycles. The smallest absolute Gasteiger partial charge is 0.252 e. The molecule has 1 fully saturated rings. The van der Waals surface area contributed by atoms with Crippen molar-refractivity contribution < 1.29 is 4.79 Å². The number of carbonyl (C=O) groups excluding carboxylic acids is 1. The van der Waals surface area contributed by atoms with Gasteiger partial charge in [-0.1, -0.05) is 54.2 Å². The van der Waals surface area contributed by atoms with Crippen LogP contribution in [0.25, 0.3) is 0 Å². The first kappa shape index (κ1) is 15.7. The fraction of sp³-hybridized carbons (Fsp3) is 0.350. The number of benzene rings is 2. The van der Waals surface area contributed by atoms with Gasteiger partial charge >= 0.3 is 0 Å². The van der Waals surface area contributed by atoms with Crippen molar-refractivity contribution in [3.8, 4) is 0 Å². The van der Waals surface area contributed by atoms with Crippen LogP contribution in [0.5, 0.6) is 0 Å².